The van der Waals surface area contributed by atoms with Gasteiger partial charge in [-0.15, -0.1) is 0 Å². The quantitative estimate of drug-likeness (QED) is 0.0435. The van der Waals surface area contributed by atoms with Gasteiger partial charge in [-0.05, 0) is 112 Å². The molecule has 4 rings (SSSR count). The molecule has 0 saturated carbocycles. The lowest BCUT2D eigenvalue weighted by atomic mass is 9.93. The van der Waals surface area contributed by atoms with Gasteiger partial charge >= 0.3 is 11.9 Å². The maximum absolute atomic E-state index is 12.6. The molecule has 2 saturated heterocycles. The summed E-state index contributed by atoms with van der Waals surface area (Å²) in [5, 5.41) is 11.7. The van der Waals surface area contributed by atoms with Gasteiger partial charge in [-0.3, -0.25) is 14.4 Å². The standard InChI is InChI=1S/C21H31BrClNO5Si.C13H24O4Si.C8H9BrClNO2/c1-12-17-16(11-27-30(6,7)21(2,3)4)29-24(18(17)20(25)28-12)10-13-8-14(23)9-15(22)19(13)26-5;1-11(17-12(15)10-14)8-7-9-16-18(5,6)13(2,3)4;1-13-8-5(4-11-12)2-6(10)3-7(8)9/h8-9,12,16-18H,10-11H2,1-7H3;7-8,10-11H,9H2,1-6H3;2-3,11-12H,4H2,1H3/b;8-7-;/t12-,16-,17+,18-;11-;/m00./s1. The molecular formula is C42H64Br2Cl2N2O11Si2. The van der Waals surface area contributed by atoms with Crippen molar-refractivity contribution in [2.75, 3.05) is 27.4 Å². The molecule has 13 nitrogen and oxygen atoms in total. The van der Waals surface area contributed by atoms with Crippen LogP contribution in [0.5, 0.6) is 11.5 Å². The SMILES string of the molecule is COc1c(Br)cc(Cl)cc1CN1O[C@@H](CO[Si](C)(C)C(C)(C)C)[C@H]2[C@H](C)OC(=O)[C@H]21.COc1c(Br)cc(Cl)cc1CNO.C[C@@H](/C=C\CO[Si](C)(C)C(C)(C)C)OC(=O)C=O. The summed E-state index contributed by atoms with van der Waals surface area (Å²) < 4.78 is 34.8. The Labute approximate surface area is 390 Å². The summed E-state index contributed by atoms with van der Waals surface area (Å²) in [6.45, 7) is 27.1. The van der Waals surface area contributed by atoms with Crippen LogP contribution < -0.4 is 15.0 Å². The Morgan fingerprint density at radius 1 is 0.934 bits per heavy atom. The van der Waals surface area contributed by atoms with Gasteiger partial charge in [-0.2, -0.15) is 5.06 Å². The van der Waals surface area contributed by atoms with Crippen LogP contribution in [0.3, 0.4) is 0 Å². The van der Waals surface area contributed by atoms with Gasteiger partial charge in [0.15, 0.2) is 16.6 Å². The van der Waals surface area contributed by atoms with Crippen LogP contribution in [0.1, 0.15) is 66.5 Å². The van der Waals surface area contributed by atoms with Gasteiger partial charge < -0.3 is 33.0 Å². The number of nitrogens with zero attached hydrogens (tertiary/aromatic N) is 1. The van der Waals surface area contributed by atoms with Crippen LogP contribution in [-0.2, 0) is 50.6 Å². The monoisotopic (exact) mass is 1060 g/mol. The van der Waals surface area contributed by atoms with Crippen LogP contribution in [0.15, 0.2) is 45.4 Å². The first kappa shape index (κ1) is 55.3. The van der Waals surface area contributed by atoms with E-state index in [0.717, 1.165) is 20.1 Å². The van der Waals surface area contributed by atoms with Gasteiger partial charge in [0.2, 0.25) is 6.29 Å². The molecule has 0 radical (unpaired) electrons. The second kappa shape index (κ2) is 23.9. The molecule has 0 spiro atoms. The molecule has 61 heavy (non-hydrogen) atoms. The second-order valence-electron chi connectivity index (χ2n) is 17.7. The number of hydrogen-bond donors (Lipinski definition) is 2. The number of benzene rings is 2. The minimum atomic E-state index is -1.95. The largest absolute Gasteiger partial charge is 0.495 e. The minimum Gasteiger partial charge on any atom is -0.495 e. The van der Waals surface area contributed by atoms with Crippen molar-refractivity contribution in [3.05, 3.63) is 66.5 Å². The first-order valence-corrected chi connectivity index (χ1v) is 27.9. The summed E-state index contributed by atoms with van der Waals surface area (Å²) in [7, 11) is -0.512. The highest BCUT2D eigenvalue weighted by Crippen LogP contribution is 2.43. The average molecular weight is 1060 g/mol. The number of nitrogens with one attached hydrogen (secondary N) is 1. The molecule has 2 aromatic rings. The zero-order chi connectivity index (χ0) is 46.7. The van der Waals surface area contributed by atoms with E-state index in [0.29, 0.717) is 47.8 Å². The number of rotatable bonds is 15. The van der Waals surface area contributed by atoms with E-state index in [1.807, 2.05) is 19.1 Å². The Morgan fingerprint density at radius 2 is 1.44 bits per heavy atom. The molecule has 0 unspecified atom stereocenters. The predicted molar refractivity (Wildman–Crippen MR) is 250 cm³/mol. The van der Waals surface area contributed by atoms with Gasteiger partial charge in [0, 0.05) is 27.7 Å². The van der Waals surface area contributed by atoms with Gasteiger partial charge in [0.05, 0.1) is 48.8 Å². The van der Waals surface area contributed by atoms with E-state index in [4.69, 9.17) is 61.0 Å². The second-order valence-corrected chi connectivity index (χ2v) is 29.9. The molecule has 2 aromatic carbocycles. The molecule has 2 heterocycles. The Hall–Kier alpha value is -1.88. The molecule has 5 atom stereocenters. The maximum atomic E-state index is 12.6. The zero-order valence-electron chi connectivity index (χ0n) is 37.7. The van der Waals surface area contributed by atoms with Crippen LogP contribution in [0.25, 0.3) is 0 Å². The van der Waals surface area contributed by atoms with Crippen LogP contribution in [0, 0.1) is 5.92 Å². The minimum absolute atomic E-state index is 0.0871. The van der Waals surface area contributed by atoms with Crippen molar-refractivity contribution in [2.24, 2.45) is 5.92 Å². The van der Waals surface area contributed by atoms with E-state index in [-0.39, 0.29) is 40.5 Å². The Morgan fingerprint density at radius 3 is 1.93 bits per heavy atom. The van der Waals surface area contributed by atoms with Gasteiger partial charge in [0.1, 0.15) is 35.9 Å². The Kier molecular flexibility index (Phi) is 21.6. The smallest absolute Gasteiger partial charge is 0.371 e. The molecule has 0 aliphatic carbocycles. The molecule has 2 fully saturated rings. The van der Waals surface area contributed by atoms with Crippen molar-refractivity contribution in [2.45, 2.75) is 129 Å². The normalized spacial score (nSPS) is 19.9. The lowest BCUT2D eigenvalue weighted by molar-refractivity contribution is -0.195. The van der Waals surface area contributed by atoms with Crippen molar-refractivity contribution in [1.29, 1.82) is 0 Å². The third-order valence-corrected chi connectivity index (χ3v) is 21.8. The van der Waals surface area contributed by atoms with Crippen molar-refractivity contribution in [3.8, 4) is 11.5 Å². The van der Waals surface area contributed by atoms with Gasteiger partial charge in [0.25, 0.3) is 0 Å². The Bertz CT molecular complexity index is 1830. The van der Waals surface area contributed by atoms with Crippen molar-refractivity contribution >= 4 is 89.9 Å². The molecular weight excluding hydrogens is 995 g/mol. The van der Waals surface area contributed by atoms with E-state index in [9.17, 15) is 14.4 Å². The fourth-order valence-corrected chi connectivity index (χ4v) is 9.84. The van der Waals surface area contributed by atoms with Crippen LogP contribution in [0.4, 0.5) is 0 Å². The first-order valence-electron chi connectivity index (χ1n) is 19.8. The van der Waals surface area contributed by atoms with Crippen LogP contribution in [-0.4, -0.2) is 96.9 Å². The van der Waals surface area contributed by atoms with Gasteiger partial charge in [-0.25, -0.2) is 10.3 Å². The van der Waals surface area contributed by atoms with Crippen LogP contribution >= 0.6 is 55.1 Å². The fourth-order valence-electron chi connectivity index (χ4n) is 5.81. The molecule has 19 heteroatoms. The summed E-state index contributed by atoms with van der Waals surface area (Å²) in [6.07, 6.45) is 2.81. The zero-order valence-corrected chi connectivity index (χ0v) is 44.4. The van der Waals surface area contributed by atoms with E-state index in [2.05, 4.69) is 105 Å². The molecule has 2 aliphatic heterocycles. The number of hydrogen-bond acceptors (Lipinski definition) is 13. The van der Waals surface area contributed by atoms with E-state index in [1.165, 1.54) is 0 Å². The van der Waals surface area contributed by atoms with E-state index >= 15 is 0 Å². The number of carbonyl (C=O) groups is 3. The molecule has 344 valence electrons. The number of hydroxylamine groups is 3. The Balaban J connectivity index is 0.000000351. The number of methoxy groups -OCH3 is 2. The summed E-state index contributed by atoms with van der Waals surface area (Å²) in [4.78, 5) is 39.7. The fraction of sp³-hybridized carbons (Fsp3) is 0.595. The van der Waals surface area contributed by atoms with Crippen molar-refractivity contribution < 1.29 is 52.2 Å². The molecule has 0 aromatic heterocycles. The van der Waals surface area contributed by atoms with E-state index < -0.39 is 34.7 Å². The lowest BCUT2D eigenvalue weighted by Crippen LogP contribution is -2.44. The number of esters is 2. The summed E-state index contributed by atoms with van der Waals surface area (Å²) in [6, 6.07) is 6.59. The van der Waals surface area contributed by atoms with E-state index in [1.54, 1.807) is 50.5 Å². The summed E-state index contributed by atoms with van der Waals surface area (Å²) in [5.74, 6) is 0.140. The van der Waals surface area contributed by atoms with Crippen LogP contribution in [0.2, 0.25) is 46.3 Å². The highest BCUT2D eigenvalue weighted by atomic mass is 79.9. The lowest BCUT2D eigenvalue weighted by Gasteiger charge is -2.37. The molecule has 2 N–H and O–H groups in total. The average Bonchev–Trinajstić information content (AvgIpc) is 3.65. The number of aldehydes is 1. The number of carbonyl (C=O) groups excluding carboxylic acids is 3. The predicted octanol–water partition coefficient (Wildman–Crippen LogP) is 10.5. The maximum Gasteiger partial charge on any atom is 0.371 e. The third kappa shape index (κ3) is 16.0. The highest BCUT2D eigenvalue weighted by molar-refractivity contribution is 9.11. The summed E-state index contributed by atoms with van der Waals surface area (Å²) in [5.41, 5.74) is 3.68. The number of ether oxygens (including phenoxy) is 4. The van der Waals surface area contributed by atoms with Crippen molar-refractivity contribution in [1.82, 2.24) is 10.5 Å². The third-order valence-electron chi connectivity index (χ3n) is 11.2. The molecule has 0 amide bonds. The van der Waals surface area contributed by atoms with Gasteiger partial charge in [-0.1, -0.05) is 70.8 Å². The number of halogens is 4. The highest BCUT2D eigenvalue weighted by Gasteiger charge is 2.57. The molecule has 0 bridgehead atoms. The van der Waals surface area contributed by atoms with Crippen molar-refractivity contribution in [3.63, 3.8) is 0 Å². The first-order chi connectivity index (χ1) is 28.1. The number of cyclic esters (lactones) is 1. The topological polar surface area (TPSA) is 151 Å². The summed E-state index contributed by atoms with van der Waals surface area (Å²) >= 11 is 18.9. The number of fused-ring (bicyclic) bond motifs is 1. The molecule has 2 aliphatic rings.